The molecule has 2 aromatic rings. The highest BCUT2D eigenvalue weighted by Crippen LogP contribution is 2.52. The summed E-state index contributed by atoms with van der Waals surface area (Å²) in [5.74, 6) is 1.92. The molecule has 0 unspecified atom stereocenters. The van der Waals surface area contributed by atoms with Crippen LogP contribution in [0.25, 0.3) is 0 Å². The second kappa shape index (κ2) is 7.24. The average molecular weight is 416 g/mol. The molecule has 4 heteroatoms. The van der Waals surface area contributed by atoms with Gasteiger partial charge in [-0.3, -0.25) is 4.90 Å². The minimum absolute atomic E-state index is 0.143. The molecule has 1 heterocycles. The van der Waals surface area contributed by atoms with E-state index in [0.29, 0.717) is 0 Å². The number of hydrogen-bond acceptors (Lipinski definition) is 3. The standard InChI is InChI=1S/C22H26BrNO2/c1-25-18-8-6-16(7-9-18)14-24-15-19-20(12-17(23)13-21(19)26-2)22(24)10-4-3-5-11-22/h6-9,12-13H,3-5,10-11,14-15H2,1-2H3. The molecule has 26 heavy (non-hydrogen) atoms. The zero-order chi connectivity index (χ0) is 18.1. The van der Waals surface area contributed by atoms with Gasteiger partial charge in [0.15, 0.2) is 0 Å². The molecule has 4 rings (SSSR count). The van der Waals surface area contributed by atoms with Gasteiger partial charge in [0.1, 0.15) is 11.5 Å². The first kappa shape index (κ1) is 17.9. The smallest absolute Gasteiger partial charge is 0.124 e. The Kier molecular flexibility index (Phi) is 4.98. The van der Waals surface area contributed by atoms with E-state index in [1.807, 2.05) is 0 Å². The predicted octanol–water partition coefficient (Wildman–Crippen LogP) is 5.64. The Morgan fingerprint density at radius 1 is 1.00 bits per heavy atom. The normalized spacial score (nSPS) is 18.7. The van der Waals surface area contributed by atoms with E-state index in [9.17, 15) is 0 Å². The van der Waals surface area contributed by atoms with Crippen LogP contribution in [-0.4, -0.2) is 19.1 Å². The fraction of sp³-hybridized carbons (Fsp3) is 0.455. The molecule has 0 aromatic heterocycles. The Bertz CT molecular complexity index is 781. The lowest BCUT2D eigenvalue weighted by Crippen LogP contribution is -2.42. The molecular formula is C22H26BrNO2. The summed E-state index contributed by atoms with van der Waals surface area (Å²) < 4.78 is 12.2. The van der Waals surface area contributed by atoms with E-state index < -0.39 is 0 Å². The minimum atomic E-state index is 0.143. The summed E-state index contributed by atoms with van der Waals surface area (Å²) in [4.78, 5) is 2.67. The van der Waals surface area contributed by atoms with Crippen LogP contribution in [0.15, 0.2) is 40.9 Å². The molecule has 2 aliphatic rings. The predicted molar refractivity (Wildman–Crippen MR) is 108 cm³/mol. The van der Waals surface area contributed by atoms with Gasteiger partial charge in [0.05, 0.1) is 14.2 Å². The van der Waals surface area contributed by atoms with Crippen molar-refractivity contribution in [3.63, 3.8) is 0 Å². The first-order valence-electron chi connectivity index (χ1n) is 9.41. The number of ether oxygens (including phenoxy) is 2. The molecule has 0 radical (unpaired) electrons. The van der Waals surface area contributed by atoms with Crippen molar-refractivity contribution in [3.05, 3.63) is 57.6 Å². The third-order valence-corrected chi connectivity index (χ3v) is 6.52. The zero-order valence-corrected chi connectivity index (χ0v) is 17.1. The summed E-state index contributed by atoms with van der Waals surface area (Å²) in [6.45, 7) is 1.91. The largest absolute Gasteiger partial charge is 0.497 e. The van der Waals surface area contributed by atoms with Crippen molar-refractivity contribution < 1.29 is 9.47 Å². The van der Waals surface area contributed by atoms with E-state index in [2.05, 4.69) is 57.2 Å². The lowest BCUT2D eigenvalue weighted by Gasteiger charge is -2.42. The molecule has 1 fully saturated rings. The van der Waals surface area contributed by atoms with E-state index in [4.69, 9.17) is 9.47 Å². The molecule has 1 aliphatic heterocycles. The van der Waals surface area contributed by atoms with Gasteiger partial charge in [0, 0.05) is 28.7 Å². The number of hydrogen-bond donors (Lipinski definition) is 0. The fourth-order valence-corrected chi connectivity index (χ4v) is 5.20. The maximum atomic E-state index is 5.73. The van der Waals surface area contributed by atoms with Gasteiger partial charge in [0.25, 0.3) is 0 Å². The Morgan fingerprint density at radius 3 is 2.38 bits per heavy atom. The summed E-state index contributed by atoms with van der Waals surface area (Å²) in [6.07, 6.45) is 6.41. The third kappa shape index (κ3) is 3.03. The van der Waals surface area contributed by atoms with Crippen molar-refractivity contribution in [1.82, 2.24) is 4.90 Å². The summed E-state index contributed by atoms with van der Waals surface area (Å²) in [5.41, 5.74) is 4.31. The molecule has 0 saturated heterocycles. The van der Waals surface area contributed by atoms with Gasteiger partial charge < -0.3 is 9.47 Å². The average Bonchev–Trinajstić information content (AvgIpc) is 2.95. The fourth-order valence-electron chi connectivity index (χ4n) is 4.77. The quantitative estimate of drug-likeness (QED) is 0.644. The topological polar surface area (TPSA) is 21.7 Å². The number of fused-ring (bicyclic) bond motifs is 2. The molecule has 0 atom stereocenters. The lowest BCUT2D eigenvalue weighted by atomic mass is 9.76. The number of benzene rings is 2. The second-order valence-electron chi connectivity index (χ2n) is 7.43. The van der Waals surface area contributed by atoms with Crippen LogP contribution in [0.5, 0.6) is 11.5 Å². The molecule has 0 N–H and O–H groups in total. The molecule has 138 valence electrons. The minimum Gasteiger partial charge on any atom is -0.497 e. The van der Waals surface area contributed by atoms with Crippen LogP contribution >= 0.6 is 15.9 Å². The first-order valence-corrected chi connectivity index (χ1v) is 10.2. The van der Waals surface area contributed by atoms with Gasteiger partial charge in [-0.15, -0.1) is 0 Å². The van der Waals surface area contributed by atoms with E-state index in [1.54, 1.807) is 14.2 Å². The van der Waals surface area contributed by atoms with E-state index in [0.717, 1.165) is 29.1 Å². The van der Waals surface area contributed by atoms with E-state index in [1.165, 1.54) is 48.8 Å². The van der Waals surface area contributed by atoms with Gasteiger partial charge in [0.2, 0.25) is 0 Å². The molecule has 0 bridgehead atoms. The Morgan fingerprint density at radius 2 is 1.73 bits per heavy atom. The highest BCUT2D eigenvalue weighted by Gasteiger charge is 2.46. The molecule has 1 saturated carbocycles. The van der Waals surface area contributed by atoms with Crippen LogP contribution in [0, 0.1) is 0 Å². The number of halogens is 1. The molecule has 3 nitrogen and oxygen atoms in total. The maximum absolute atomic E-state index is 5.73. The van der Waals surface area contributed by atoms with Crippen molar-refractivity contribution in [2.75, 3.05) is 14.2 Å². The van der Waals surface area contributed by atoms with E-state index >= 15 is 0 Å². The second-order valence-corrected chi connectivity index (χ2v) is 8.35. The SMILES string of the molecule is COc1ccc(CN2Cc3c(OC)cc(Br)cc3C23CCCCC3)cc1. The van der Waals surface area contributed by atoms with Crippen molar-refractivity contribution in [2.24, 2.45) is 0 Å². The summed E-state index contributed by atoms with van der Waals surface area (Å²) in [5, 5.41) is 0. The molecule has 1 aliphatic carbocycles. The monoisotopic (exact) mass is 415 g/mol. The number of rotatable bonds is 4. The van der Waals surface area contributed by atoms with Gasteiger partial charge in [-0.25, -0.2) is 0 Å². The van der Waals surface area contributed by atoms with Crippen molar-refractivity contribution in [2.45, 2.75) is 50.7 Å². The van der Waals surface area contributed by atoms with Crippen LogP contribution in [-0.2, 0) is 18.6 Å². The summed E-state index contributed by atoms with van der Waals surface area (Å²) in [7, 11) is 3.50. The van der Waals surface area contributed by atoms with Crippen LogP contribution in [0.1, 0.15) is 48.8 Å². The molecular weight excluding hydrogens is 390 g/mol. The summed E-state index contributed by atoms with van der Waals surface area (Å²) >= 11 is 3.70. The molecule has 0 amide bonds. The maximum Gasteiger partial charge on any atom is 0.124 e. The van der Waals surface area contributed by atoms with Gasteiger partial charge in [-0.1, -0.05) is 47.3 Å². The third-order valence-electron chi connectivity index (χ3n) is 6.06. The van der Waals surface area contributed by atoms with Crippen molar-refractivity contribution in [1.29, 1.82) is 0 Å². The first-order chi connectivity index (χ1) is 12.7. The summed E-state index contributed by atoms with van der Waals surface area (Å²) in [6, 6.07) is 12.9. The van der Waals surface area contributed by atoms with E-state index in [-0.39, 0.29) is 5.54 Å². The van der Waals surface area contributed by atoms with Crippen LogP contribution in [0.4, 0.5) is 0 Å². The lowest BCUT2D eigenvalue weighted by molar-refractivity contribution is 0.0536. The van der Waals surface area contributed by atoms with Crippen molar-refractivity contribution >= 4 is 15.9 Å². The number of methoxy groups -OCH3 is 2. The Balaban J connectivity index is 1.72. The highest BCUT2D eigenvalue weighted by atomic mass is 79.9. The van der Waals surface area contributed by atoms with Gasteiger partial charge in [-0.2, -0.15) is 0 Å². The van der Waals surface area contributed by atoms with Gasteiger partial charge in [-0.05, 0) is 48.2 Å². The Hall–Kier alpha value is -1.52. The highest BCUT2D eigenvalue weighted by molar-refractivity contribution is 9.10. The Labute approximate surface area is 164 Å². The zero-order valence-electron chi connectivity index (χ0n) is 15.6. The van der Waals surface area contributed by atoms with Crippen molar-refractivity contribution in [3.8, 4) is 11.5 Å². The van der Waals surface area contributed by atoms with Crippen LogP contribution in [0.2, 0.25) is 0 Å². The van der Waals surface area contributed by atoms with Crippen LogP contribution in [0.3, 0.4) is 0 Å². The van der Waals surface area contributed by atoms with Gasteiger partial charge >= 0.3 is 0 Å². The molecule has 1 spiro atoms. The molecule has 2 aromatic carbocycles. The number of nitrogens with zero attached hydrogens (tertiary/aromatic N) is 1. The van der Waals surface area contributed by atoms with Crippen LogP contribution < -0.4 is 9.47 Å².